The molecule has 1 aliphatic rings. The lowest BCUT2D eigenvalue weighted by Gasteiger charge is -2.31. The van der Waals surface area contributed by atoms with E-state index in [2.05, 4.69) is 4.98 Å². The molecule has 0 radical (unpaired) electrons. The van der Waals surface area contributed by atoms with Crippen molar-refractivity contribution in [1.29, 1.82) is 0 Å². The van der Waals surface area contributed by atoms with Gasteiger partial charge >= 0.3 is 0 Å². The maximum atomic E-state index is 12.6. The van der Waals surface area contributed by atoms with Crippen LogP contribution in [0.4, 0.5) is 0 Å². The number of carbonyl (C=O) groups excluding carboxylic acids is 1. The van der Waals surface area contributed by atoms with Crippen molar-refractivity contribution in [2.75, 3.05) is 27.4 Å². The Morgan fingerprint density at radius 1 is 1.26 bits per heavy atom. The van der Waals surface area contributed by atoms with Crippen LogP contribution in [0.2, 0.25) is 0 Å². The predicted molar refractivity (Wildman–Crippen MR) is 113 cm³/mol. The second-order valence-electron chi connectivity index (χ2n) is 7.82. The van der Waals surface area contributed by atoms with Gasteiger partial charge in [-0.15, -0.1) is 0 Å². The molecule has 0 fully saturated rings. The van der Waals surface area contributed by atoms with Crippen LogP contribution in [0.5, 0.6) is 17.2 Å². The normalized spacial score (nSPS) is 14.7. The first-order chi connectivity index (χ1) is 14.8. The van der Waals surface area contributed by atoms with E-state index in [1.807, 2.05) is 19.9 Å². The summed E-state index contributed by atoms with van der Waals surface area (Å²) in [5, 5.41) is 19.8. The molecular formula is C22H28N2O7. The van der Waals surface area contributed by atoms with Gasteiger partial charge in [-0.05, 0) is 36.0 Å². The number of pyridine rings is 1. The van der Waals surface area contributed by atoms with E-state index in [9.17, 15) is 14.7 Å². The molecule has 1 unspecified atom stereocenters. The molecule has 1 atom stereocenters. The third-order valence-corrected chi connectivity index (χ3v) is 5.58. The second kappa shape index (κ2) is 9.40. The van der Waals surface area contributed by atoms with Crippen LogP contribution in [0.1, 0.15) is 47.7 Å². The summed E-state index contributed by atoms with van der Waals surface area (Å²) in [5.74, 6) is -0.476. The maximum Gasteiger partial charge on any atom is 0.284 e. The van der Waals surface area contributed by atoms with E-state index in [1.54, 1.807) is 13.2 Å². The molecule has 0 saturated heterocycles. The van der Waals surface area contributed by atoms with Crippen LogP contribution < -0.4 is 20.5 Å². The van der Waals surface area contributed by atoms with Gasteiger partial charge in [0.05, 0.1) is 19.4 Å². The zero-order valence-electron chi connectivity index (χ0n) is 18.1. The number of aromatic hydroxyl groups is 1. The number of aromatic nitrogens is 1. The molecule has 4 N–H and O–H groups in total. The maximum absolute atomic E-state index is 12.6. The lowest BCUT2D eigenvalue weighted by Crippen LogP contribution is -2.30. The molecule has 1 amide bonds. The van der Waals surface area contributed by atoms with E-state index >= 15 is 0 Å². The van der Waals surface area contributed by atoms with Gasteiger partial charge in [-0.3, -0.25) is 14.8 Å². The fraction of sp³-hybridized carbons (Fsp3) is 0.455. The van der Waals surface area contributed by atoms with Crippen LogP contribution in [-0.4, -0.2) is 48.6 Å². The Balaban J connectivity index is 2.17. The molecule has 3 rings (SSSR count). The van der Waals surface area contributed by atoms with Crippen molar-refractivity contribution >= 4 is 5.91 Å². The summed E-state index contributed by atoms with van der Waals surface area (Å²) in [7, 11) is 3.16. The van der Waals surface area contributed by atoms with E-state index in [0.717, 1.165) is 12.0 Å². The Bertz CT molecular complexity index is 1030. The highest BCUT2D eigenvalue weighted by Gasteiger charge is 2.34. The zero-order valence-corrected chi connectivity index (χ0v) is 18.1. The first kappa shape index (κ1) is 22.6. The summed E-state index contributed by atoms with van der Waals surface area (Å²) in [5.41, 5.74) is 2.64. The van der Waals surface area contributed by atoms with E-state index in [-0.39, 0.29) is 11.8 Å². The van der Waals surface area contributed by atoms with Crippen molar-refractivity contribution in [3.8, 4) is 28.5 Å². The van der Waals surface area contributed by atoms with Crippen LogP contribution >= 0.6 is 0 Å². The Morgan fingerprint density at radius 2 is 2.00 bits per heavy atom. The van der Waals surface area contributed by atoms with E-state index in [4.69, 9.17) is 19.4 Å². The average molecular weight is 432 g/mol. The first-order valence-corrected chi connectivity index (χ1v) is 10.1. The largest absolute Gasteiger partial charge is 0.507 e. The van der Waals surface area contributed by atoms with Crippen molar-refractivity contribution in [3.05, 3.63) is 39.2 Å². The Morgan fingerprint density at radius 3 is 2.61 bits per heavy atom. The number of nitrogens with one attached hydrogen (secondary N) is 2. The summed E-state index contributed by atoms with van der Waals surface area (Å²) in [6.45, 7) is 5.05. The minimum atomic E-state index is -1.06. The number of hydrogen-bond acceptors (Lipinski definition) is 7. The van der Waals surface area contributed by atoms with Gasteiger partial charge in [0.25, 0.3) is 11.5 Å². The summed E-state index contributed by atoms with van der Waals surface area (Å²) in [6, 6.07) is 3.65. The molecule has 0 saturated carbocycles. The zero-order chi connectivity index (χ0) is 22.7. The average Bonchev–Trinajstić information content (AvgIpc) is 2.75. The minimum Gasteiger partial charge on any atom is -0.507 e. The fourth-order valence-corrected chi connectivity index (χ4v) is 4.01. The van der Waals surface area contributed by atoms with E-state index in [1.165, 1.54) is 12.6 Å². The van der Waals surface area contributed by atoms with Gasteiger partial charge in [0, 0.05) is 31.3 Å². The van der Waals surface area contributed by atoms with E-state index in [0.29, 0.717) is 48.0 Å². The molecule has 31 heavy (non-hydrogen) atoms. The minimum absolute atomic E-state index is 0.0990. The number of H-pyrrole nitrogens is 1. The van der Waals surface area contributed by atoms with Crippen LogP contribution in [-0.2, 0) is 11.2 Å². The van der Waals surface area contributed by atoms with Crippen molar-refractivity contribution in [1.82, 2.24) is 10.5 Å². The van der Waals surface area contributed by atoms with Gasteiger partial charge in [-0.2, -0.15) is 0 Å². The van der Waals surface area contributed by atoms with Gasteiger partial charge in [-0.25, -0.2) is 5.48 Å². The number of hydrogen-bond donors (Lipinski definition) is 4. The molecule has 1 aromatic heterocycles. The predicted octanol–water partition coefficient (Wildman–Crippen LogP) is 2.59. The smallest absolute Gasteiger partial charge is 0.284 e. The number of fused-ring (bicyclic) bond motifs is 3. The summed E-state index contributed by atoms with van der Waals surface area (Å²) >= 11 is 0. The Kier molecular flexibility index (Phi) is 6.87. The first-order valence-electron chi connectivity index (χ1n) is 10.1. The summed E-state index contributed by atoms with van der Waals surface area (Å²) < 4.78 is 16.4. The van der Waals surface area contributed by atoms with E-state index < -0.39 is 22.8 Å². The summed E-state index contributed by atoms with van der Waals surface area (Å²) in [4.78, 5) is 27.3. The topological polar surface area (TPSA) is 130 Å². The molecule has 2 aromatic rings. The molecular weight excluding hydrogens is 404 g/mol. The van der Waals surface area contributed by atoms with Gasteiger partial charge in [0.1, 0.15) is 11.3 Å². The monoisotopic (exact) mass is 432 g/mol. The molecule has 1 aromatic carbocycles. The van der Waals surface area contributed by atoms with Gasteiger partial charge in [-0.1, -0.05) is 13.8 Å². The van der Waals surface area contributed by atoms with Crippen LogP contribution in [0.3, 0.4) is 0 Å². The number of carbonyl (C=O) groups is 1. The van der Waals surface area contributed by atoms with Crippen LogP contribution in [0, 0.1) is 5.92 Å². The van der Waals surface area contributed by atoms with Crippen molar-refractivity contribution in [3.63, 3.8) is 0 Å². The van der Waals surface area contributed by atoms with Crippen LogP contribution in [0.25, 0.3) is 11.3 Å². The lowest BCUT2D eigenvalue weighted by molar-refractivity contribution is 0.0701. The van der Waals surface area contributed by atoms with Gasteiger partial charge < -0.3 is 24.3 Å². The number of methoxy groups -OCH3 is 2. The lowest BCUT2D eigenvalue weighted by atomic mass is 9.75. The third kappa shape index (κ3) is 4.24. The Labute approximate surface area is 179 Å². The van der Waals surface area contributed by atoms with Crippen molar-refractivity contribution in [2.45, 2.75) is 32.6 Å². The number of benzene rings is 1. The molecule has 1 heterocycles. The molecule has 0 spiro atoms. The molecule has 0 aliphatic heterocycles. The number of ether oxygens (including phenoxy) is 3. The second-order valence-corrected chi connectivity index (χ2v) is 7.82. The van der Waals surface area contributed by atoms with Crippen LogP contribution in [0.15, 0.2) is 16.9 Å². The summed E-state index contributed by atoms with van der Waals surface area (Å²) in [6.07, 6.45) is 1.29. The number of hydroxylamine groups is 1. The number of rotatable bonds is 8. The highest BCUT2D eigenvalue weighted by molar-refractivity contribution is 5.97. The molecule has 9 heteroatoms. The number of amides is 1. The third-order valence-electron chi connectivity index (χ3n) is 5.58. The SMILES string of the molecule is COCCCOc1cc2c(cc1OC)-c1[nH]c(=O)c(C(=O)NO)c(O)c1C(C(C)C)C2. The van der Waals surface area contributed by atoms with Crippen molar-refractivity contribution in [2.24, 2.45) is 5.92 Å². The molecule has 9 nitrogen and oxygen atoms in total. The van der Waals surface area contributed by atoms with Crippen molar-refractivity contribution < 1.29 is 29.3 Å². The Hall–Kier alpha value is -3.04. The van der Waals surface area contributed by atoms with Gasteiger partial charge in [0.15, 0.2) is 11.5 Å². The highest BCUT2D eigenvalue weighted by Crippen LogP contribution is 2.48. The quantitative estimate of drug-likeness (QED) is 0.287. The standard InChI is InChI=1S/C22H28N2O7/c1-11(2)13-8-12-9-16(31-7-5-6-29-3)15(30-4)10-14(12)19-17(13)20(25)18(21(26)23-19)22(27)24-28/h9-11,13,28H,5-8H2,1-4H3,(H,24,27)(H2,23,25,26). The molecule has 1 aliphatic carbocycles. The fourth-order valence-electron chi connectivity index (χ4n) is 4.01. The molecule has 0 bridgehead atoms. The number of aromatic amines is 1. The molecule has 168 valence electrons. The highest BCUT2D eigenvalue weighted by atomic mass is 16.5. The van der Waals surface area contributed by atoms with Gasteiger partial charge in [0.2, 0.25) is 0 Å².